The minimum Gasteiger partial charge on any atom is -0.261 e. The van der Waals surface area contributed by atoms with E-state index in [9.17, 15) is 13.2 Å². The Labute approximate surface area is 115 Å². The van der Waals surface area contributed by atoms with E-state index in [1.807, 2.05) is 0 Å². The van der Waals surface area contributed by atoms with E-state index >= 15 is 0 Å². The average molecular weight is 277 g/mol. The highest BCUT2D eigenvalue weighted by atomic mass is 19.2. The molecule has 1 aliphatic rings. The molecule has 4 heteroatoms. The van der Waals surface area contributed by atoms with E-state index in [0.717, 1.165) is 11.8 Å². The summed E-state index contributed by atoms with van der Waals surface area (Å²) in [5, 5.41) is 0. The number of alkyl halides is 1. The molecule has 1 nitrogen and oxygen atoms in total. The second-order valence-corrected chi connectivity index (χ2v) is 5.08. The minimum atomic E-state index is -1.35. The lowest BCUT2D eigenvalue weighted by atomic mass is 9.88. The van der Waals surface area contributed by atoms with Gasteiger partial charge in [-0.15, -0.1) is 0 Å². The number of pyridine rings is 1. The Morgan fingerprint density at radius 2 is 1.85 bits per heavy atom. The Morgan fingerprint density at radius 1 is 1.05 bits per heavy atom. The normalized spacial score (nSPS) is 22.1. The molecule has 0 amide bonds. The molecule has 1 heterocycles. The van der Waals surface area contributed by atoms with Crippen molar-refractivity contribution in [2.75, 3.05) is 0 Å². The summed E-state index contributed by atoms with van der Waals surface area (Å²) >= 11 is 0. The van der Waals surface area contributed by atoms with E-state index in [0.29, 0.717) is 24.8 Å². The van der Waals surface area contributed by atoms with Crippen molar-refractivity contribution >= 4 is 0 Å². The molecular weight excluding hydrogens is 263 g/mol. The minimum absolute atomic E-state index is 0.120. The molecule has 0 aliphatic heterocycles. The fourth-order valence-corrected chi connectivity index (χ4v) is 2.88. The van der Waals surface area contributed by atoms with Gasteiger partial charge in [0.1, 0.15) is 6.17 Å². The number of nitrogens with zero attached hydrogens (tertiary/aromatic N) is 1. The Kier molecular flexibility index (Phi) is 3.47. The van der Waals surface area contributed by atoms with E-state index in [4.69, 9.17) is 0 Å². The molecular formula is C16H14F3N. The van der Waals surface area contributed by atoms with Gasteiger partial charge < -0.3 is 0 Å². The number of rotatable bonds is 1. The molecule has 2 unspecified atom stereocenters. The van der Waals surface area contributed by atoms with E-state index in [1.54, 1.807) is 18.3 Å². The molecule has 0 spiro atoms. The van der Waals surface area contributed by atoms with Crippen LogP contribution in [0.2, 0.25) is 0 Å². The van der Waals surface area contributed by atoms with Gasteiger partial charge in [-0.2, -0.15) is 0 Å². The Hall–Kier alpha value is -1.84. The Morgan fingerprint density at radius 3 is 2.70 bits per heavy atom. The van der Waals surface area contributed by atoms with E-state index in [1.165, 1.54) is 12.1 Å². The smallest absolute Gasteiger partial charge is 0.162 e. The van der Waals surface area contributed by atoms with E-state index < -0.39 is 23.7 Å². The highest BCUT2D eigenvalue weighted by molar-refractivity contribution is 5.32. The van der Waals surface area contributed by atoms with Crippen LogP contribution in [0, 0.1) is 11.6 Å². The van der Waals surface area contributed by atoms with Gasteiger partial charge in [0.2, 0.25) is 0 Å². The lowest BCUT2D eigenvalue weighted by Gasteiger charge is -2.20. The summed E-state index contributed by atoms with van der Waals surface area (Å²) in [6.07, 6.45) is 2.15. The lowest BCUT2D eigenvalue weighted by Crippen LogP contribution is -2.09. The van der Waals surface area contributed by atoms with Crippen molar-refractivity contribution in [2.24, 2.45) is 0 Å². The molecule has 3 rings (SSSR count). The molecule has 0 N–H and O–H groups in total. The van der Waals surface area contributed by atoms with Crippen molar-refractivity contribution in [3.8, 4) is 0 Å². The van der Waals surface area contributed by atoms with Gasteiger partial charge in [0.15, 0.2) is 11.6 Å². The lowest BCUT2D eigenvalue weighted by molar-refractivity contribution is 0.274. The first-order valence-corrected chi connectivity index (χ1v) is 6.70. The zero-order valence-electron chi connectivity index (χ0n) is 10.8. The zero-order valence-corrected chi connectivity index (χ0v) is 10.8. The van der Waals surface area contributed by atoms with Crippen LogP contribution in [0.5, 0.6) is 0 Å². The zero-order chi connectivity index (χ0) is 14.1. The SMILES string of the molecule is Fc1cccc(C2CCCc3ncccc3C2F)c1F. The molecule has 0 fully saturated rings. The summed E-state index contributed by atoms with van der Waals surface area (Å²) in [6, 6.07) is 7.31. The number of aromatic nitrogens is 1. The summed E-state index contributed by atoms with van der Waals surface area (Å²) in [6.45, 7) is 0. The number of benzene rings is 1. The Balaban J connectivity index is 2.05. The third-order valence-corrected chi connectivity index (χ3v) is 3.89. The summed E-state index contributed by atoms with van der Waals surface area (Å²) in [4.78, 5) is 4.19. The number of aryl methyl sites for hydroxylation is 1. The first-order valence-electron chi connectivity index (χ1n) is 6.70. The third-order valence-electron chi connectivity index (χ3n) is 3.89. The van der Waals surface area contributed by atoms with E-state index in [2.05, 4.69) is 4.98 Å². The monoisotopic (exact) mass is 277 g/mol. The van der Waals surface area contributed by atoms with Crippen LogP contribution in [0.25, 0.3) is 0 Å². The van der Waals surface area contributed by atoms with Crippen molar-refractivity contribution in [1.82, 2.24) is 4.98 Å². The summed E-state index contributed by atoms with van der Waals surface area (Å²) in [7, 11) is 0. The maximum absolute atomic E-state index is 14.8. The first-order chi connectivity index (χ1) is 9.68. The standard InChI is InChI=1S/C16H14F3N/c17-13-7-1-4-11(16(13)19)10-5-2-8-14-12(15(10)18)6-3-9-20-14/h1,3-4,6-7,9-10,15H,2,5,8H2. The summed E-state index contributed by atoms with van der Waals surface area (Å²) in [5.74, 6) is -2.52. The van der Waals surface area contributed by atoms with Crippen LogP contribution < -0.4 is 0 Å². The number of halogens is 3. The second-order valence-electron chi connectivity index (χ2n) is 5.08. The number of hydrogen-bond donors (Lipinski definition) is 0. The molecule has 1 aromatic carbocycles. The molecule has 0 saturated carbocycles. The van der Waals surface area contributed by atoms with Crippen molar-refractivity contribution in [1.29, 1.82) is 0 Å². The number of fused-ring (bicyclic) bond motifs is 1. The highest BCUT2D eigenvalue weighted by Crippen LogP contribution is 2.42. The van der Waals surface area contributed by atoms with Gasteiger partial charge in [-0.3, -0.25) is 4.98 Å². The quantitative estimate of drug-likeness (QED) is 0.700. The maximum Gasteiger partial charge on any atom is 0.162 e. The largest absolute Gasteiger partial charge is 0.261 e. The van der Waals surface area contributed by atoms with Gasteiger partial charge in [0.05, 0.1) is 0 Å². The van der Waals surface area contributed by atoms with Gasteiger partial charge in [0.25, 0.3) is 0 Å². The van der Waals surface area contributed by atoms with Crippen molar-refractivity contribution in [2.45, 2.75) is 31.4 Å². The summed E-state index contributed by atoms with van der Waals surface area (Å²) < 4.78 is 42.0. The van der Waals surface area contributed by atoms with Crippen molar-refractivity contribution in [3.63, 3.8) is 0 Å². The van der Waals surface area contributed by atoms with Crippen LogP contribution in [-0.2, 0) is 6.42 Å². The van der Waals surface area contributed by atoms with E-state index in [-0.39, 0.29) is 5.56 Å². The molecule has 104 valence electrons. The molecule has 0 saturated heterocycles. The average Bonchev–Trinajstić information content (AvgIpc) is 2.62. The molecule has 1 aromatic heterocycles. The molecule has 0 radical (unpaired) electrons. The van der Waals surface area contributed by atoms with Gasteiger partial charge in [-0.1, -0.05) is 18.2 Å². The summed E-state index contributed by atoms with van der Waals surface area (Å²) in [5.41, 5.74) is 1.34. The fraction of sp³-hybridized carbons (Fsp3) is 0.312. The molecule has 1 aliphatic carbocycles. The van der Waals surface area contributed by atoms with Gasteiger partial charge >= 0.3 is 0 Å². The van der Waals surface area contributed by atoms with Crippen LogP contribution >= 0.6 is 0 Å². The predicted octanol–water partition coefficient (Wildman–Crippen LogP) is 4.49. The molecule has 2 atom stereocenters. The Bertz CT molecular complexity index is 627. The van der Waals surface area contributed by atoms with Crippen LogP contribution in [0.1, 0.15) is 41.8 Å². The topological polar surface area (TPSA) is 12.9 Å². The van der Waals surface area contributed by atoms with Crippen LogP contribution in [0.4, 0.5) is 13.2 Å². The molecule has 2 aromatic rings. The van der Waals surface area contributed by atoms with Gasteiger partial charge in [0, 0.05) is 23.4 Å². The van der Waals surface area contributed by atoms with Crippen molar-refractivity contribution in [3.05, 3.63) is 65.0 Å². The van der Waals surface area contributed by atoms with Gasteiger partial charge in [-0.25, -0.2) is 13.2 Å². The first kappa shape index (κ1) is 13.2. The van der Waals surface area contributed by atoms with Crippen molar-refractivity contribution < 1.29 is 13.2 Å². The fourth-order valence-electron chi connectivity index (χ4n) is 2.88. The molecule has 0 bridgehead atoms. The highest BCUT2D eigenvalue weighted by Gasteiger charge is 2.31. The number of hydrogen-bond acceptors (Lipinski definition) is 1. The van der Waals surface area contributed by atoms with Crippen LogP contribution in [0.15, 0.2) is 36.5 Å². The molecule has 20 heavy (non-hydrogen) atoms. The van der Waals surface area contributed by atoms with Crippen LogP contribution in [0.3, 0.4) is 0 Å². The second kappa shape index (κ2) is 5.27. The predicted molar refractivity (Wildman–Crippen MR) is 70.1 cm³/mol. The van der Waals surface area contributed by atoms with Gasteiger partial charge in [-0.05, 0) is 37.0 Å². The third kappa shape index (κ3) is 2.19. The maximum atomic E-state index is 14.8. The van der Waals surface area contributed by atoms with Crippen LogP contribution in [-0.4, -0.2) is 4.98 Å².